The van der Waals surface area contributed by atoms with Crippen molar-refractivity contribution < 1.29 is 5.11 Å². The van der Waals surface area contributed by atoms with Crippen molar-refractivity contribution >= 4 is 23.1 Å². The van der Waals surface area contributed by atoms with Crippen LogP contribution in [-0.2, 0) is 0 Å². The standard InChI is InChI=1S/C13H14ClN3O/c14-11-6-10(15)7-16-13(11)17-8-12(18)9-4-2-1-3-5-9/h1-7,12,18H,8,15H2,(H,16,17). The summed E-state index contributed by atoms with van der Waals surface area (Å²) >= 11 is 5.97. The monoisotopic (exact) mass is 263 g/mol. The molecule has 1 unspecified atom stereocenters. The van der Waals surface area contributed by atoms with E-state index in [1.807, 2.05) is 30.3 Å². The zero-order chi connectivity index (χ0) is 13.0. The van der Waals surface area contributed by atoms with E-state index in [0.29, 0.717) is 23.1 Å². The Hall–Kier alpha value is -1.78. The Morgan fingerprint density at radius 3 is 2.72 bits per heavy atom. The molecule has 0 aliphatic heterocycles. The van der Waals surface area contributed by atoms with Crippen molar-refractivity contribution in [2.75, 3.05) is 17.6 Å². The van der Waals surface area contributed by atoms with Crippen LogP contribution in [0.25, 0.3) is 0 Å². The first-order valence-electron chi connectivity index (χ1n) is 5.54. The maximum absolute atomic E-state index is 9.97. The van der Waals surface area contributed by atoms with Gasteiger partial charge in [-0.3, -0.25) is 0 Å². The van der Waals surface area contributed by atoms with Crippen molar-refractivity contribution in [2.24, 2.45) is 0 Å². The second-order valence-electron chi connectivity index (χ2n) is 3.91. The summed E-state index contributed by atoms with van der Waals surface area (Å²) in [4.78, 5) is 4.06. The number of hydrogen-bond acceptors (Lipinski definition) is 4. The molecule has 94 valence electrons. The van der Waals surface area contributed by atoms with Crippen molar-refractivity contribution in [2.45, 2.75) is 6.10 Å². The Kier molecular flexibility index (Phi) is 4.02. The molecular formula is C13H14ClN3O. The fourth-order valence-electron chi connectivity index (χ4n) is 1.57. The highest BCUT2D eigenvalue weighted by molar-refractivity contribution is 6.33. The first kappa shape index (κ1) is 12.7. The topological polar surface area (TPSA) is 71.2 Å². The Balaban J connectivity index is 1.99. The number of rotatable bonds is 4. The van der Waals surface area contributed by atoms with Crippen molar-refractivity contribution in [1.82, 2.24) is 4.98 Å². The van der Waals surface area contributed by atoms with Crippen molar-refractivity contribution in [3.63, 3.8) is 0 Å². The number of pyridine rings is 1. The molecule has 0 fully saturated rings. The summed E-state index contributed by atoms with van der Waals surface area (Å²) < 4.78 is 0. The molecule has 0 radical (unpaired) electrons. The smallest absolute Gasteiger partial charge is 0.145 e. The molecule has 2 aromatic rings. The van der Waals surface area contributed by atoms with Gasteiger partial charge in [0.1, 0.15) is 5.82 Å². The molecule has 4 N–H and O–H groups in total. The lowest BCUT2D eigenvalue weighted by Gasteiger charge is -2.13. The van der Waals surface area contributed by atoms with Crippen LogP contribution in [0.15, 0.2) is 42.6 Å². The van der Waals surface area contributed by atoms with Gasteiger partial charge in [0.05, 0.1) is 23.0 Å². The lowest BCUT2D eigenvalue weighted by Crippen LogP contribution is -2.13. The summed E-state index contributed by atoms with van der Waals surface area (Å²) in [6, 6.07) is 11.0. The SMILES string of the molecule is Nc1cnc(NCC(O)c2ccccc2)c(Cl)c1. The van der Waals surface area contributed by atoms with Gasteiger partial charge in [-0.05, 0) is 11.6 Å². The van der Waals surface area contributed by atoms with E-state index in [0.717, 1.165) is 5.56 Å². The van der Waals surface area contributed by atoms with Crippen LogP contribution >= 0.6 is 11.6 Å². The third kappa shape index (κ3) is 3.12. The van der Waals surface area contributed by atoms with Crippen LogP contribution < -0.4 is 11.1 Å². The number of hydrogen-bond donors (Lipinski definition) is 3. The van der Waals surface area contributed by atoms with Gasteiger partial charge < -0.3 is 16.2 Å². The van der Waals surface area contributed by atoms with Crippen LogP contribution in [0.5, 0.6) is 0 Å². The predicted octanol–water partition coefficient (Wildman–Crippen LogP) is 2.46. The minimum atomic E-state index is -0.610. The van der Waals surface area contributed by atoms with E-state index in [9.17, 15) is 5.11 Å². The highest BCUT2D eigenvalue weighted by Crippen LogP contribution is 2.22. The predicted molar refractivity (Wildman–Crippen MR) is 73.6 cm³/mol. The highest BCUT2D eigenvalue weighted by atomic mass is 35.5. The number of halogens is 1. The quantitative estimate of drug-likeness (QED) is 0.792. The number of nitrogens with zero attached hydrogens (tertiary/aromatic N) is 1. The first-order chi connectivity index (χ1) is 8.66. The minimum Gasteiger partial charge on any atom is -0.397 e. The van der Waals surface area contributed by atoms with E-state index in [4.69, 9.17) is 17.3 Å². The molecule has 1 aromatic heterocycles. The highest BCUT2D eigenvalue weighted by Gasteiger charge is 2.08. The van der Waals surface area contributed by atoms with Gasteiger partial charge in [0.2, 0.25) is 0 Å². The fourth-order valence-corrected chi connectivity index (χ4v) is 1.81. The minimum absolute atomic E-state index is 0.334. The lowest BCUT2D eigenvalue weighted by atomic mass is 10.1. The summed E-state index contributed by atoms with van der Waals surface area (Å²) in [6.45, 7) is 0.334. The summed E-state index contributed by atoms with van der Waals surface area (Å²) in [5, 5.41) is 13.4. The maximum atomic E-state index is 9.97. The lowest BCUT2D eigenvalue weighted by molar-refractivity contribution is 0.191. The van der Waals surface area contributed by atoms with Crippen molar-refractivity contribution in [3.05, 3.63) is 53.2 Å². The molecule has 18 heavy (non-hydrogen) atoms. The number of aliphatic hydroxyl groups is 1. The number of aromatic nitrogens is 1. The number of benzene rings is 1. The molecule has 0 bridgehead atoms. The zero-order valence-electron chi connectivity index (χ0n) is 9.68. The maximum Gasteiger partial charge on any atom is 0.145 e. The van der Waals surface area contributed by atoms with Crippen LogP contribution in [0.1, 0.15) is 11.7 Å². The average Bonchev–Trinajstić information content (AvgIpc) is 2.38. The van der Waals surface area contributed by atoms with Gasteiger partial charge in [0, 0.05) is 6.54 Å². The molecule has 5 heteroatoms. The van der Waals surface area contributed by atoms with Gasteiger partial charge in [-0.15, -0.1) is 0 Å². The molecule has 2 rings (SSSR count). The van der Waals surface area contributed by atoms with Gasteiger partial charge in [-0.1, -0.05) is 41.9 Å². The Labute approximate surface area is 110 Å². The fraction of sp³-hybridized carbons (Fsp3) is 0.154. The number of nitrogens with one attached hydrogen (secondary N) is 1. The molecule has 4 nitrogen and oxygen atoms in total. The van der Waals surface area contributed by atoms with Gasteiger partial charge in [0.25, 0.3) is 0 Å². The van der Waals surface area contributed by atoms with Crippen molar-refractivity contribution in [1.29, 1.82) is 0 Å². The molecule has 1 atom stereocenters. The molecule has 0 amide bonds. The van der Waals surface area contributed by atoms with E-state index >= 15 is 0 Å². The van der Waals surface area contributed by atoms with Crippen LogP contribution in [0, 0.1) is 0 Å². The third-order valence-electron chi connectivity index (χ3n) is 2.51. The van der Waals surface area contributed by atoms with Gasteiger partial charge >= 0.3 is 0 Å². The number of aliphatic hydroxyl groups excluding tert-OH is 1. The molecular weight excluding hydrogens is 250 g/mol. The number of nitrogen functional groups attached to an aromatic ring is 1. The molecule has 0 saturated heterocycles. The second-order valence-corrected chi connectivity index (χ2v) is 4.31. The molecule has 1 aromatic carbocycles. The van der Waals surface area contributed by atoms with Crippen LogP contribution in [0.3, 0.4) is 0 Å². The summed E-state index contributed by atoms with van der Waals surface area (Å²) in [5.74, 6) is 0.515. The average molecular weight is 264 g/mol. The Morgan fingerprint density at radius 2 is 2.06 bits per heavy atom. The van der Waals surface area contributed by atoms with Crippen LogP contribution in [0.2, 0.25) is 5.02 Å². The van der Waals surface area contributed by atoms with E-state index in [1.54, 1.807) is 6.07 Å². The molecule has 0 spiro atoms. The van der Waals surface area contributed by atoms with Gasteiger partial charge in [-0.25, -0.2) is 4.98 Å². The normalized spacial score (nSPS) is 12.1. The third-order valence-corrected chi connectivity index (χ3v) is 2.80. The number of nitrogens with two attached hydrogens (primary N) is 1. The van der Waals surface area contributed by atoms with Crippen LogP contribution in [0.4, 0.5) is 11.5 Å². The molecule has 1 heterocycles. The number of anilines is 2. The summed E-state index contributed by atoms with van der Waals surface area (Å²) in [6.07, 6.45) is 0.907. The zero-order valence-corrected chi connectivity index (χ0v) is 10.4. The summed E-state index contributed by atoms with van der Waals surface area (Å²) in [7, 11) is 0. The van der Waals surface area contributed by atoms with E-state index in [-0.39, 0.29) is 0 Å². The second kappa shape index (κ2) is 5.71. The Bertz CT molecular complexity index is 519. The Morgan fingerprint density at radius 1 is 1.33 bits per heavy atom. The van der Waals surface area contributed by atoms with Gasteiger partial charge in [0.15, 0.2) is 0 Å². The van der Waals surface area contributed by atoms with E-state index < -0.39 is 6.10 Å². The first-order valence-corrected chi connectivity index (χ1v) is 5.92. The van der Waals surface area contributed by atoms with E-state index in [2.05, 4.69) is 10.3 Å². The van der Waals surface area contributed by atoms with Crippen molar-refractivity contribution in [3.8, 4) is 0 Å². The van der Waals surface area contributed by atoms with Gasteiger partial charge in [-0.2, -0.15) is 0 Å². The van der Waals surface area contributed by atoms with E-state index in [1.165, 1.54) is 6.20 Å². The van der Waals surface area contributed by atoms with Crippen LogP contribution in [-0.4, -0.2) is 16.6 Å². The molecule has 0 aliphatic rings. The largest absolute Gasteiger partial charge is 0.397 e. The molecule has 0 aliphatic carbocycles. The molecule has 0 saturated carbocycles. The summed E-state index contributed by atoms with van der Waals surface area (Å²) in [5.41, 5.74) is 6.90.